The van der Waals surface area contributed by atoms with Crippen molar-refractivity contribution in [2.75, 3.05) is 0 Å². The molecule has 3 unspecified atom stereocenters. The van der Waals surface area contributed by atoms with Crippen LogP contribution in [0.4, 0.5) is 0 Å². The molecule has 24 heavy (non-hydrogen) atoms. The Hall–Kier alpha value is -0.770. The Labute approximate surface area is 148 Å². The number of carbonyl (C=O) groups is 2. The highest BCUT2D eigenvalue weighted by Crippen LogP contribution is 2.64. The number of hydrogen-bond acceptors (Lipinski definition) is 2. The summed E-state index contributed by atoms with van der Waals surface area (Å²) in [6.45, 7) is 4.61. The molecule has 1 aliphatic heterocycles. The number of aliphatic carboxylic acids is 1. The Balaban J connectivity index is 1.70. The zero-order valence-corrected chi connectivity index (χ0v) is 15.3. The first kappa shape index (κ1) is 16.7. The van der Waals surface area contributed by atoms with Crippen LogP contribution < -0.4 is 5.32 Å². The fraction of sp³-hybridized carbons (Fsp3) is 0.895. The second-order valence-electron chi connectivity index (χ2n) is 9.18. The molecule has 0 radical (unpaired) electrons. The maximum Gasteiger partial charge on any atom is 0.317 e. The van der Waals surface area contributed by atoms with E-state index in [1.54, 1.807) is 0 Å². The first-order chi connectivity index (χ1) is 11.3. The Kier molecular flexibility index (Phi) is 3.73. The molecule has 134 valence electrons. The van der Waals surface area contributed by atoms with Crippen molar-refractivity contribution >= 4 is 23.5 Å². The molecule has 3 aliphatic carbocycles. The fourth-order valence-electron chi connectivity index (χ4n) is 7.00. The van der Waals surface area contributed by atoms with Gasteiger partial charge in [0.25, 0.3) is 0 Å². The van der Waals surface area contributed by atoms with E-state index >= 15 is 0 Å². The lowest BCUT2D eigenvalue weighted by Crippen LogP contribution is -2.68. The standard InChI is InChI=1S/C19H28ClNO3/c1-18-8-3-4-11(18)10-5-6-13-19(2,12(10)7-9-18)15(20)14(17(23)24)16(22)21-13/h10-15H,3-9H2,1-2H3,(H,21,22)(H,23,24)/t10-,11-,12+,13?,14?,15?,18-,19+/m0/s1. The molecule has 0 bridgehead atoms. The summed E-state index contributed by atoms with van der Waals surface area (Å²) in [5.74, 6) is -0.793. The van der Waals surface area contributed by atoms with Gasteiger partial charge in [0.1, 0.15) is 0 Å². The van der Waals surface area contributed by atoms with Crippen molar-refractivity contribution in [1.82, 2.24) is 5.32 Å². The summed E-state index contributed by atoms with van der Waals surface area (Å²) in [7, 11) is 0. The molecule has 3 saturated carbocycles. The number of carbonyl (C=O) groups excluding carboxylic acids is 1. The third kappa shape index (κ3) is 2.04. The van der Waals surface area contributed by atoms with E-state index in [-0.39, 0.29) is 11.5 Å². The maximum atomic E-state index is 12.3. The monoisotopic (exact) mass is 353 g/mol. The molecular weight excluding hydrogens is 326 g/mol. The fourth-order valence-corrected chi connectivity index (χ4v) is 7.54. The highest BCUT2D eigenvalue weighted by atomic mass is 35.5. The molecule has 1 saturated heterocycles. The van der Waals surface area contributed by atoms with E-state index in [0.717, 1.165) is 25.2 Å². The van der Waals surface area contributed by atoms with E-state index in [9.17, 15) is 14.7 Å². The van der Waals surface area contributed by atoms with Gasteiger partial charge in [-0.05, 0) is 61.7 Å². The van der Waals surface area contributed by atoms with Crippen LogP contribution in [-0.2, 0) is 9.59 Å². The van der Waals surface area contributed by atoms with Crippen molar-refractivity contribution in [3.8, 4) is 0 Å². The molecule has 1 heterocycles. The topological polar surface area (TPSA) is 66.4 Å². The van der Waals surface area contributed by atoms with Crippen LogP contribution >= 0.6 is 11.6 Å². The van der Waals surface area contributed by atoms with Crippen LogP contribution in [0.25, 0.3) is 0 Å². The molecule has 4 fully saturated rings. The number of amides is 1. The van der Waals surface area contributed by atoms with Gasteiger partial charge in [-0.15, -0.1) is 11.6 Å². The van der Waals surface area contributed by atoms with Crippen molar-refractivity contribution in [1.29, 1.82) is 0 Å². The highest BCUT2D eigenvalue weighted by Gasteiger charge is 2.63. The van der Waals surface area contributed by atoms with Gasteiger partial charge in [-0.1, -0.05) is 20.3 Å². The smallest absolute Gasteiger partial charge is 0.317 e. The molecule has 8 atom stereocenters. The minimum absolute atomic E-state index is 0.0232. The van der Waals surface area contributed by atoms with Crippen LogP contribution in [0, 0.1) is 34.5 Å². The third-order valence-electron chi connectivity index (χ3n) is 8.31. The Morgan fingerprint density at radius 3 is 2.62 bits per heavy atom. The lowest BCUT2D eigenvalue weighted by Gasteiger charge is -2.61. The van der Waals surface area contributed by atoms with Crippen molar-refractivity contribution in [3.05, 3.63) is 0 Å². The van der Waals surface area contributed by atoms with Gasteiger partial charge in [-0.3, -0.25) is 9.59 Å². The molecule has 5 heteroatoms. The van der Waals surface area contributed by atoms with E-state index in [1.165, 1.54) is 25.7 Å². The molecule has 4 aliphatic rings. The summed E-state index contributed by atoms with van der Waals surface area (Å²) in [4.78, 5) is 23.9. The number of rotatable bonds is 1. The quantitative estimate of drug-likeness (QED) is 0.560. The van der Waals surface area contributed by atoms with Gasteiger partial charge in [0, 0.05) is 11.5 Å². The van der Waals surface area contributed by atoms with Gasteiger partial charge in [0.2, 0.25) is 5.91 Å². The van der Waals surface area contributed by atoms with Crippen molar-refractivity contribution in [3.63, 3.8) is 0 Å². The maximum absolute atomic E-state index is 12.3. The zero-order chi connectivity index (χ0) is 17.3. The predicted molar refractivity (Wildman–Crippen MR) is 91.7 cm³/mol. The summed E-state index contributed by atoms with van der Waals surface area (Å²) in [6.07, 6.45) is 8.38. The normalized spacial score (nSPS) is 53.5. The number of piperidine rings is 1. The molecular formula is C19H28ClNO3. The van der Waals surface area contributed by atoms with Gasteiger partial charge < -0.3 is 10.4 Å². The van der Waals surface area contributed by atoms with Crippen LogP contribution in [0.2, 0.25) is 0 Å². The Morgan fingerprint density at radius 2 is 1.92 bits per heavy atom. The van der Waals surface area contributed by atoms with E-state index in [4.69, 9.17) is 11.6 Å². The van der Waals surface area contributed by atoms with Crippen molar-refractivity contribution in [2.24, 2.45) is 34.5 Å². The number of nitrogens with one attached hydrogen (secondary N) is 1. The molecule has 2 N–H and O–H groups in total. The van der Waals surface area contributed by atoms with E-state index < -0.39 is 23.2 Å². The first-order valence-corrected chi connectivity index (χ1v) is 9.90. The molecule has 4 rings (SSSR count). The lowest BCUT2D eigenvalue weighted by molar-refractivity contribution is -0.158. The molecule has 0 spiro atoms. The Morgan fingerprint density at radius 1 is 1.17 bits per heavy atom. The Bertz CT molecular complexity index is 581. The summed E-state index contributed by atoms with van der Waals surface area (Å²) < 4.78 is 0. The minimum Gasteiger partial charge on any atom is -0.481 e. The molecule has 4 nitrogen and oxygen atoms in total. The number of alkyl halides is 1. The summed E-state index contributed by atoms with van der Waals surface area (Å²) in [6, 6.07) is 0.0232. The predicted octanol–water partition coefficient (Wildman–Crippen LogP) is 3.43. The van der Waals surface area contributed by atoms with E-state index in [1.807, 2.05) is 0 Å². The summed E-state index contributed by atoms with van der Waals surface area (Å²) in [5, 5.41) is 11.9. The van der Waals surface area contributed by atoms with Gasteiger partial charge in [0.05, 0.1) is 5.38 Å². The van der Waals surface area contributed by atoms with Crippen molar-refractivity contribution < 1.29 is 14.7 Å². The third-order valence-corrected chi connectivity index (χ3v) is 9.03. The zero-order valence-electron chi connectivity index (χ0n) is 14.6. The second kappa shape index (κ2) is 5.36. The van der Waals surface area contributed by atoms with Gasteiger partial charge in [0.15, 0.2) is 5.92 Å². The molecule has 0 aromatic carbocycles. The second-order valence-corrected chi connectivity index (χ2v) is 9.65. The lowest BCUT2D eigenvalue weighted by atomic mass is 9.47. The minimum atomic E-state index is -1.12. The molecule has 1 amide bonds. The van der Waals surface area contributed by atoms with E-state index in [2.05, 4.69) is 19.2 Å². The van der Waals surface area contributed by atoms with Crippen molar-refractivity contribution in [2.45, 2.75) is 70.2 Å². The van der Waals surface area contributed by atoms with Crippen LogP contribution in [0.1, 0.15) is 58.8 Å². The summed E-state index contributed by atoms with van der Waals surface area (Å²) in [5.41, 5.74) is 0.154. The highest BCUT2D eigenvalue weighted by molar-refractivity contribution is 6.25. The average Bonchev–Trinajstić information content (AvgIpc) is 2.90. The number of carboxylic acid groups (broad SMARTS) is 1. The first-order valence-electron chi connectivity index (χ1n) is 9.46. The van der Waals surface area contributed by atoms with Crippen LogP contribution in [-0.4, -0.2) is 28.4 Å². The van der Waals surface area contributed by atoms with E-state index in [0.29, 0.717) is 17.3 Å². The largest absolute Gasteiger partial charge is 0.481 e. The SMILES string of the molecule is C[C@@]12CCC[C@H]1[C@@H]1CCC3NC(=O)C(C(=O)O)C(Cl)[C@]3(C)[C@@H]1CC2. The van der Waals surface area contributed by atoms with Gasteiger partial charge in [-0.25, -0.2) is 0 Å². The molecule has 0 aromatic heterocycles. The van der Waals surface area contributed by atoms with Gasteiger partial charge >= 0.3 is 5.97 Å². The van der Waals surface area contributed by atoms with Crippen LogP contribution in [0.5, 0.6) is 0 Å². The van der Waals surface area contributed by atoms with Crippen LogP contribution in [0.3, 0.4) is 0 Å². The molecule has 0 aromatic rings. The van der Waals surface area contributed by atoms with Gasteiger partial charge in [-0.2, -0.15) is 0 Å². The van der Waals surface area contributed by atoms with Crippen LogP contribution in [0.15, 0.2) is 0 Å². The number of hydrogen-bond donors (Lipinski definition) is 2. The number of halogens is 1. The average molecular weight is 354 g/mol. The summed E-state index contributed by atoms with van der Waals surface area (Å²) >= 11 is 6.74. The number of fused-ring (bicyclic) bond motifs is 5. The number of carboxylic acids is 1.